The van der Waals surface area contributed by atoms with Crippen LogP contribution in [0.2, 0.25) is 0 Å². The highest BCUT2D eigenvalue weighted by atomic mass is 32.2. The summed E-state index contributed by atoms with van der Waals surface area (Å²) in [6, 6.07) is 12.4. The van der Waals surface area contributed by atoms with Crippen molar-refractivity contribution in [1.29, 1.82) is 0 Å². The topological polar surface area (TPSA) is 38.2 Å². The van der Waals surface area contributed by atoms with Gasteiger partial charge in [-0.15, -0.1) is 0 Å². The highest BCUT2D eigenvalue weighted by Gasteiger charge is 2.16. The largest absolute Gasteiger partial charge is 0.378 e. The van der Waals surface area contributed by atoms with Crippen LogP contribution in [0, 0.1) is 0 Å². The number of aromatic nitrogens is 2. The third-order valence-electron chi connectivity index (χ3n) is 4.14. The van der Waals surface area contributed by atoms with Gasteiger partial charge in [0.1, 0.15) is 5.82 Å². The van der Waals surface area contributed by atoms with Gasteiger partial charge in [-0.1, -0.05) is 42.5 Å². The lowest BCUT2D eigenvalue weighted by atomic mass is 10.2. The van der Waals surface area contributed by atoms with Crippen LogP contribution in [0.5, 0.6) is 0 Å². The molecule has 124 valence electrons. The van der Waals surface area contributed by atoms with Gasteiger partial charge < -0.3 is 9.64 Å². The van der Waals surface area contributed by atoms with E-state index in [4.69, 9.17) is 14.7 Å². The Balaban J connectivity index is 1.69. The minimum atomic E-state index is -0.227. The minimum absolute atomic E-state index is 0.227. The van der Waals surface area contributed by atoms with E-state index >= 15 is 0 Å². The van der Waals surface area contributed by atoms with E-state index in [1.165, 1.54) is 0 Å². The third kappa shape index (κ3) is 3.52. The smallest absolute Gasteiger partial charge is 0.161 e. The van der Waals surface area contributed by atoms with Crippen molar-refractivity contribution >= 4 is 16.7 Å². The molecule has 4 rings (SSSR count). The van der Waals surface area contributed by atoms with E-state index in [-0.39, 0.29) is 10.9 Å². The number of benzene rings is 1. The normalized spacial score (nSPS) is 18.3. The van der Waals surface area contributed by atoms with E-state index in [0.717, 1.165) is 55.0 Å². The van der Waals surface area contributed by atoms with Crippen LogP contribution in [0.4, 0.5) is 5.82 Å². The summed E-state index contributed by atoms with van der Waals surface area (Å²) in [5, 5.41) is 4.57. The molecule has 0 aliphatic carbocycles. The molecule has 5 heteroatoms. The van der Waals surface area contributed by atoms with Crippen LogP contribution in [-0.4, -0.2) is 36.3 Å². The first-order valence-electron chi connectivity index (χ1n) is 8.25. The highest BCUT2D eigenvalue weighted by Crippen LogP contribution is 2.37. The van der Waals surface area contributed by atoms with Gasteiger partial charge in [0.25, 0.3) is 0 Å². The maximum absolute atomic E-state index is 5.47. The second kappa shape index (κ2) is 7.20. The lowest BCUT2D eigenvalue weighted by Crippen LogP contribution is -2.37. The van der Waals surface area contributed by atoms with Crippen LogP contribution >= 0.6 is 10.9 Å². The Kier molecular flexibility index (Phi) is 4.62. The van der Waals surface area contributed by atoms with Gasteiger partial charge in [0.05, 0.1) is 18.9 Å². The van der Waals surface area contributed by atoms with Crippen molar-refractivity contribution in [2.45, 2.75) is 5.75 Å². The summed E-state index contributed by atoms with van der Waals surface area (Å²) >= 11 is 0. The molecule has 2 aliphatic heterocycles. The number of anilines is 1. The number of hydrogen-bond acceptors (Lipinski definition) is 4. The molecule has 0 saturated carbocycles. The highest BCUT2D eigenvalue weighted by molar-refractivity contribution is 8.21. The van der Waals surface area contributed by atoms with E-state index in [2.05, 4.69) is 46.1 Å². The monoisotopic (exact) mass is 339 g/mol. The molecule has 0 atom stereocenters. The van der Waals surface area contributed by atoms with E-state index < -0.39 is 0 Å². The first-order chi connectivity index (χ1) is 11.9. The Bertz CT molecular complexity index is 742. The molecule has 3 heterocycles. The van der Waals surface area contributed by atoms with E-state index in [1.807, 2.05) is 18.2 Å². The Morgan fingerprint density at radius 3 is 2.50 bits per heavy atom. The van der Waals surface area contributed by atoms with Crippen LogP contribution in [0.3, 0.4) is 0 Å². The van der Waals surface area contributed by atoms with Crippen molar-refractivity contribution < 1.29 is 4.74 Å². The van der Waals surface area contributed by atoms with Crippen molar-refractivity contribution in [3.8, 4) is 11.4 Å². The Labute approximate surface area is 145 Å². The average Bonchev–Trinajstić information content (AvgIpc) is 3.16. The predicted molar refractivity (Wildman–Crippen MR) is 101 cm³/mol. The molecule has 1 saturated heterocycles. The predicted octanol–water partition coefficient (Wildman–Crippen LogP) is 3.52. The SMILES string of the molecule is C1=C[SH](Cc2cc(N3CCOCC3)nc(-c3ccccc3)n2)C=C1. The number of nitrogens with zero attached hydrogens (tertiary/aromatic N) is 3. The molecule has 2 aromatic rings. The van der Waals surface area contributed by atoms with Gasteiger partial charge in [-0.3, -0.25) is 0 Å². The fraction of sp³-hybridized carbons (Fsp3) is 0.263. The number of allylic oxidation sites excluding steroid dienone is 2. The fourth-order valence-corrected chi connectivity index (χ4v) is 4.38. The van der Waals surface area contributed by atoms with Crippen LogP contribution in [0.25, 0.3) is 11.4 Å². The van der Waals surface area contributed by atoms with Crippen LogP contribution < -0.4 is 4.90 Å². The first kappa shape index (κ1) is 15.4. The average molecular weight is 339 g/mol. The van der Waals surface area contributed by atoms with Gasteiger partial charge in [0.2, 0.25) is 0 Å². The molecule has 0 spiro atoms. The maximum atomic E-state index is 5.47. The minimum Gasteiger partial charge on any atom is -0.378 e. The zero-order valence-electron chi connectivity index (χ0n) is 13.5. The van der Waals surface area contributed by atoms with E-state index in [9.17, 15) is 0 Å². The van der Waals surface area contributed by atoms with E-state index in [0.29, 0.717) is 0 Å². The summed E-state index contributed by atoms with van der Waals surface area (Å²) in [7, 11) is -0.227. The van der Waals surface area contributed by atoms with Crippen molar-refractivity contribution in [3.05, 3.63) is 65.1 Å². The zero-order valence-corrected chi connectivity index (χ0v) is 14.4. The lowest BCUT2D eigenvalue weighted by Gasteiger charge is -2.28. The fourth-order valence-electron chi connectivity index (χ4n) is 2.90. The van der Waals surface area contributed by atoms with Gasteiger partial charge in [0.15, 0.2) is 5.82 Å². The van der Waals surface area contributed by atoms with Crippen molar-refractivity contribution in [3.63, 3.8) is 0 Å². The summed E-state index contributed by atoms with van der Waals surface area (Å²) in [5.41, 5.74) is 2.19. The lowest BCUT2D eigenvalue weighted by molar-refractivity contribution is 0.122. The van der Waals surface area contributed by atoms with Crippen LogP contribution in [0.1, 0.15) is 5.69 Å². The first-order valence-corrected chi connectivity index (χ1v) is 9.92. The van der Waals surface area contributed by atoms with Crippen molar-refractivity contribution in [1.82, 2.24) is 9.97 Å². The Morgan fingerprint density at radius 1 is 1.00 bits per heavy atom. The number of thiol groups is 1. The summed E-state index contributed by atoms with van der Waals surface area (Å²) in [4.78, 5) is 12.0. The molecule has 24 heavy (non-hydrogen) atoms. The summed E-state index contributed by atoms with van der Waals surface area (Å²) < 4.78 is 5.47. The quantitative estimate of drug-likeness (QED) is 0.865. The standard InChI is InChI=1S/C19H21N3OS/c1-2-6-16(7-3-1)19-20-17(15-24-12-4-5-13-24)14-18(21-19)22-8-10-23-11-9-22/h1-7,12-14,24H,8-11,15H2. The summed E-state index contributed by atoms with van der Waals surface area (Å²) in [6.07, 6.45) is 4.27. The Morgan fingerprint density at radius 2 is 1.75 bits per heavy atom. The summed E-state index contributed by atoms with van der Waals surface area (Å²) in [5.74, 6) is 2.81. The molecule has 2 aliphatic rings. The third-order valence-corrected chi connectivity index (χ3v) is 5.94. The van der Waals surface area contributed by atoms with Crippen molar-refractivity contribution in [2.75, 3.05) is 31.2 Å². The molecular formula is C19H21N3OS. The van der Waals surface area contributed by atoms with Gasteiger partial charge in [0, 0.05) is 30.5 Å². The summed E-state index contributed by atoms with van der Waals surface area (Å²) in [6.45, 7) is 3.30. The number of morpholine rings is 1. The maximum Gasteiger partial charge on any atom is 0.161 e. The molecular weight excluding hydrogens is 318 g/mol. The second-order valence-electron chi connectivity index (χ2n) is 5.86. The van der Waals surface area contributed by atoms with Crippen molar-refractivity contribution in [2.24, 2.45) is 0 Å². The molecule has 0 amide bonds. The molecule has 0 radical (unpaired) electrons. The molecule has 0 unspecified atom stereocenters. The van der Waals surface area contributed by atoms with Crippen LogP contribution in [0.15, 0.2) is 59.4 Å². The molecule has 1 aromatic heterocycles. The molecule has 4 nitrogen and oxygen atoms in total. The second-order valence-corrected chi connectivity index (χ2v) is 7.80. The van der Waals surface area contributed by atoms with Gasteiger partial charge >= 0.3 is 0 Å². The van der Waals surface area contributed by atoms with Gasteiger partial charge in [-0.05, 0) is 10.8 Å². The van der Waals surface area contributed by atoms with Crippen LogP contribution in [-0.2, 0) is 10.5 Å². The molecule has 0 N–H and O–H groups in total. The zero-order chi connectivity index (χ0) is 16.2. The number of ether oxygens (including phenoxy) is 1. The van der Waals surface area contributed by atoms with E-state index in [1.54, 1.807) is 0 Å². The molecule has 1 fully saturated rings. The number of hydrogen-bond donors (Lipinski definition) is 1. The Hall–Kier alpha value is -2.11. The van der Waals surface area contributed by atoms with Gasteiger partial charge in [-0.25, -0.2) is 20.9 Å². The van der Waals surface area contributed by atoms with Gasteiger partial charge in [-0.2, -0.15) is 0 Å². The molecule has 1 aromatic carbocycles. The number of rotatable bonds is 4. The molecule has 0 bridgehead atoms.